The lowest BCUT2D eigenvalue weighted by Gasteiger charge is -2.63. The molecule has 34 heavy (non-hydrogen) atoms. The number of allylic oxidation sites excluding steroid dienone is 4. The summed E-state index contributed by atoms with van der Waals surface area (Å²) in [5.41, 5.74) is -1.82. The summed E-state index contributed by atoms with van der Waals surface area (Å²) in [6.45, 7) is 5.28. The molecule has 4 aliphatic carbocycles. The third-order valence-electron chi connectivity index (χ3n) is 9.56. The summed E-state index contributed by atoms with van der Waals surface area (Å²) in [5, 5.41) is 0. The first-order valence-electron chi connectivity index (χ1n) is 12.1. The zero-order valence-corrected chi connectivity index (χ0v) is 20.5. The van der Waals surface area contributed by atoms with Crippen molar-refractivity contribution in [3.05, 3.63) is 59.7 Å². The van der Waals surface area contributed by atoms with Crippen LogP contribution in [0.15, 0.2) is 54.1 Å². The second kappa shape index (κ2) is 7.61. The van der Waals surface area contributed by atoms with Crippen LogP contribution in [0, 0.1) is 22.7 Å². The van der Waals surface area contributed by atoms with Crippen LogP contribution in [0.3, 0.4) is 0 Å². The van der Waals surface area contributed by atoms with Crippen molar-refractivity contribution in [2.24, 2.45) is 22.7 Å². The van der Waals surface area contributed by atoms with E-state index in [2.05, 4.69) is 0 Å². The Morgan fingerprint density at radius 1 is 1.12 bits per heavy atom. The highest BCUT2D eigenvalue weighted by Gasteiger charge is 2.74. The minimum atomic E-state index is -1.45. The van der Waals surface area contributed by atoms with Crippen molar-refractivity contribution < 1.29 is 23.5 Å². The van der Waals surface area contributed by atoms with Gasteiger partial charge in [-0.15, -0.1) is 11.6 Å². The lowest BCUT2D eigenvalue weighted by atomic mass is 9.46. The van der Waals surface area contributed by atoms with Crippen LogP contribution in [-0.4, -0.2) is 34.2 Å². The summed E-state index contributed by atoms with van der Waals surface area (Å²) in [7, 11) is 0. The largest absolute Gasteiger partial charge is 0.447 e. The van der Waals surface area contributed by atoms with Gasteiger partial charge in [-0.1, -0.05) is 43.7 Å². The third-order valence-corrected chi connectivity index (χ3v) is 10.5. The highest BCUT2D eigenvalue weighted by Crippen LogP contribution is 2.71. The number of alkyl halides is 2. The molecular weight excluding hydrogens is 455 g/mol. The molecule has 0 spiro atoms. The van der Waals surface area contributed by atoms with Gasteiger partial charge in [0.05, 0.1) is 10.4 Å². The highest BCUT2D eigenvalue weighted by atomic mass is 35.5. The molecule has 3 saturated carbocycles. The molecule has 180 valence electrons. The van der Waals surface area contributed by atoms with Crippen LogP contribution in [0.1, 0.15) is 63.2 Å². The summed E-state index contributed by atoms with van der Waals surface area (Å²) in [6.07, 6.45) is 5.72. The molecule has 0 saturated heterocycles. The molecule has 0 aliphatic heterocycles. The number of carbonyl (C=O) groups excluding carboxylic acids is 3. The van der Waals surface area contributed by atoms with Gasteiger partial charge in [0.15, 0.2) is 17.2 Å². The van der Waals surface area contributed by atoms with Gasteiger partial charge in [-0.25, -0.2) is 9.18 Å². The number of carbonyl (C=O) groups is 3. The molecule has 7 atom stereocenters. The second-order valence-electron chi connectivity index (χ2n) is 10.9. The smallest absolute Gasteiger partial charge is 0.339 e. The van der Waals surface area contributed by atoms with Crippen molar-refractivity contribution in [2.75, 3.05) is 0 Å². The van der Waals surface area contributed by atoms with Gasteiger partial charge < -0.3 is 4.74 Å². The van der Waals surface area contributed by atoms with Gasteiger partial charge >= 0.3 is 5.97 Å². The van der Waals surface area contributed by atoms with Crippen LogP contribution >= 0.6 is 11.6 Å². The molecule has 3 fully saturated rings. The number of hydrogen-bond donors (Lipinski definition) is 0. The standard InChI is InChI=1S/C28H30ClFO4/c1-17(31)27(34-24(33)18-7-5-4-6-8-18)14-12-21-22-10-9-19-15-20(32)11-13-25(19,2)28(22,29)23(30)16-26(21,27)3/h4-8,11,13,15,21-23H,9-10,12,14,16H2,1-3H3/t21-,22-,23?,25-,26-,27-,28-/m0/s1. The molecule has 0 aromatic heterocycles. The van der Waals surface area contributed by atoms with Gasteiger partial charge in [-0.05, 0) is 75.1 Å². The van der Waals surface area contributed by atoms with Gasteiger partial charge in [0, 0.05) is 10.8 Å². The molecule has 6 heteroatoms. The first kappa shape index (κ1) is 23.5. The lowest BCUT2D eigenvalue weighted by Crippen LogP contribution is -2.67. The number of benzene rings is 1. The molecule has 0 bridgehead atoms. The van der Waals surface area contributed by atoms with Crippen molar-refractivity contribution in [2.45, 2.75) is 69.5 Å². The van der Waals surface area contributed by atoms with E-state index in [1.807, 2.05) is 13.8 Å². The van der Waals surface area contributed by atoms with Crippen molar-refractivity contribution in [1.29, 1.82) is 0 Å². The van der Waals surface area contributed by atoms with E-state index in [0.29, 0.717) is 31.2 Å². The summed E-state index contributed by atoms with van der Waals surface area (Å²) < 4.78 is 22.5. The summed E-state index contributed by atoms with van der Waals surface area (Å²) in [5.74, 6) is -1.22. The van der Waals surface area contributed by atoms with Crippen LogP contribution in [0.2, 0.25) is 0 Å². The Kier molecular flexibility index (Phi) is 5.26. The number of Topliss-reactive ketones (excluding diaryl/α,β-unsaturated/α-hetero) is 1. The number of esters is 1. The van der Waals surface area contributed by atoms with Crippen molar-refractivity contribution in [1.82, 2.24) is 0 Å². The monoisotopic (exact) mass is 484 g/mol. The predicted molar refractivity (Wildman–Crippen MR) is 127 cm³/mol. The Bertz CT molecular complexity index is 1130. The summed E-state index contributed by atoms with van der Waals surface area (Å²) in [4.78, 5) is 37.1. The Labute approximate surface area is 204 Å². The maximum Gasteiger partial charge on any atom is 0.339 e. The number of hydrogen-bond acceptors (Lipinski definition) is 4. The number of ketones is 2. The minimum Gasteiger partial charge on any atom is -0.447 e. The molecule has 0 radical (unpaired) electrons. The van der Waals surface area contributed by atoms with E-state index in [1.165, 1.54) is 13.0 Å². The Morgan fingerprint density at radius 3 is 2.50 bits per heavy atom. The number of fused-ring (bicyclic) bond motifs is 5. The average Bonchev–Trinajstić information content (AvgIpc) is 3.08. The van der Waals surface area contributed by atoms with Crippen molar-refractivity contribution >= 4 is 29.1 Å². The SMILES string of the molecule is CC(=O)[C@@]1(OC(=O)c2ccccc2)CC[C@H]2[C@@H]3CCC4=CC(=O)C=C[C@]4(C)[C@@]3(Cl)C(F)C[C@@]21C. The fraction of sp³-hybridized carbons (Fsp3) is 0.536. The maximum absolute atomic E-state index is 16.4. The van der Waals surface area contributed by atoms with Crippen molar-refractivity contribution in [3.63, 3.8) is 0 Å². The fourth-order valence-electron chi connectivity index (χ4n) is 7.74. The molecule has 1 unspecified atom stereocenters. The van der Waals surface area contributed by atoms with Crippen molar-refractivity contribution in [3.8, 4) is 0 Å². The Balaban J connectivity index is 1.56. The van der Waals surface area contributed by atoms with Crippen LogP contribution < -0.4 is 0 Å². The van der Waals surface area contributed by atoms with Crippen LogP contribution in [-0.2, 0) is 14.3 Å². The molecule has 1 aromatic carbocycles. The number of halogens is 2. The van der Waals surface area contributed by atoms with Crippen LogP contribution in [0.5, 0.6) is 0 Å². The predicted octanol–water partition coefficient (Wildman–Crippen LogP) is 5.79. The van der Waals surface area contributed by atoms with E-state index in [-0.39, 0.29) is 29.8 Å². The number of rotatable bonds is 3. The van der Waals surface area contributed by atoms with Gasteiger partial charge in [0.25, 0.3) is 0 Å². The Morgan fingerprint density at radius 2 is 1.82 bits per heavy atom. The molecule has 0 N–H and O–H groups in total. The summed E-state index contributed by atoms with van der Waals surface area (Å²) in [6, 6.07) is 8.60. The van der Waals surface area contributed by atoms with Crippen LogP contribution in [0.4, 0.5) is 4.39 Å². The van der Waals surface area contributed by atoms with Gasteiger partial charge in [0.2, 0.25) is 0 Å². The molecule has 1 aromatic rings. The number of ether oxygens (including phenoxy) is 1. The fourth-order valence-corrected chi connectivity index (χ4v) is 8.27. The van der Waals surface area contributed by atoms with Gasteiger partial charge in [0.1, 0.15) is 6.17 Å². The first-order chi connectivity index (χ1) is 16.0. The topological polar surface area (TPSA) is 60.4 Å². The van der Waals surface area contributed by atoms with E-state index in [9.17, 15) is 14.4 Å². The van der Waals surface area contributed by atoms with E-state index in [1.54, 1.807) is 42.5 Å². The second-order valence-corrected chi connectivity index (χ2v) is 11.5. The van der Waals surface area contributed by atoms with E-state index >= 15 is 4.39 Å². The molecule has 5 rings (SSSR count). The zero-order valence-electron chi connectivity index (χ0n) is 19.8. The van der Waals surface area contributed by atoms with E-state index < -0.39 is 33.4 Å². The quantitative estimate of drug-likeness (QED) is 0.402. The molecule has 0 amide bonds. The third kappa shape index (κ3) is 2.85. The Hall–Kier alpha value is -2.27. The maximum atomic E-state index is 16.4. The molecular formula is C28H30ClFO4. The minimum absolute atomic E-state index is 0.0178. The molecule has 4 nitrogen and oxygen atoms in total. The van der Waals surface area contributed by atoms with E-state index in [0.717, 1.165) is 5.57 Å². The van der Waals surface area contributed by atoms with Gasteiger partial charge in [-0.3, -0.25) is 9.59 Å². The van der Waals surface area contributed by atoms with Gasteiger partial charge in [-0.2, -0.15) is 0 Å². The first-order valence-corrected chi connectivity index (χ1v) is 12.4. The van der Waals surface area contributed by atoms with E-state index in [4.69, 9.17) is 16.3 Å². The summed E-state index contributed by atoms with van der Waals surface area (Å²) >= 11 is 7.32. The highest BCUT2D eigenvalue weighted by molar-refractivity contribution is 6.26. The molecule has 4 aliphatic rings. The lowest BCUT2D eigenvalue weighted by molar-refractivity contribution is -0.165. The molecule has 0 heterocycles. The normalized spacial score (nSPS) is 42.8. The average molecular weight is 485 g/mol. The zero-order chi connectivity index (χ0) is 24.5. The van der Waals surface area contributed by atoms with Crippen LogP contribution in [0.25, 0.3) is 0 Å².